The van der Waals surface area contributed by atoms with E-state index in [0.29, 0.717) is 17.5 Å². The Morgan fingerprint density at radius 2 is 1.97 bits per heavy atom. The average molecular weight is 447 g/mol. The highest BCUT2D eigenvalue weighted by molar-refractivity contribution is 7.98. The molecule has 0 saturated carbocycles. The van der Waals surface area contributed by atoms with Crippen molar-refractivity contribution in [2.75, 3.05) is 0 Å². The van der Waals surface area contributed by atoms with Crippen LogP contribution in [0.3, 0.4) is 0 Å². The minimum atomic E-state index is -0.180. The molecule has 0 N–H and O–H groups in total. The van der Waals surface area contributed by atoms with E-state index in [0.717, 1.165) is 41.1 Å². The molecule has 1 atom stereocenters. The zero-order valence-corrected chi connectivity index (χ0v) is 20.1. The molecular weight excluding hydrogens is 416 g/mol. The molecule has 0 amide bonds. The maximum Gasteiger partial charge on any atom is 0.263 e. The van der Waals surface area contributed by atoms with E-state index in [4.69, 9.17) is 9.40 Å². The van der Waals surface area contributed by atoms with Gasteiger partial charge in [-0.2, -0.15) is 0 Å². The van der Waals surface area contributed by atoms with Crippen LogP contribution in [0.2, 0.25) is 0 Å². The molecule has 0 unspecified atom stereocenters. The van der Waals surface area contributed by atoms with Gasteiger partial charge < -0.3 is 4.42 Å². The molecule has 3 aromatic rings. The van der Waals surface area contributed by atoms with Crippen molar-refractivity contribution in [3.63, 3.8) is 0 Å². The van der Waals surface area contributed by atoms with Gasteiger partial charge >= 0.3 is 0 Å². The minimum absolute atomic E-state index is 0.0889. The Kier molecular flexibility index (Phi) is 6.08. The van der Waals surface area contributed by atoms with E-state index in [1.807, 2.05) is 25.3 Å². The van der Waals surface area contributed by atoms with Gasteiger partial charge in [0.15, 0.2) is 5.16 Å². The van der Waals surface area contributed by atoms with Gasteiger partial charge in [0.25, 0.3) is 5.56 Å². The first-order chi connectivity index (χ1) is 14.3. The molecule has 0 radical (unpaired) electrons. The fourth-order valence-electron chi connectivity index (χ4n) is 3.79. The highest BCUT2D eigenvalue weighted by Crippen LogP contribution is 2.35. The van der Waals surface area contributed by atoms with E-state index >= 15 is 0 Å². The quantitative estimate of drug-likeness (QED) is 0.285. The summed E-state index contributed by atoms with van der Waals surface area (Å²) in [5.41, 5.74) is 1.18. The van der Waals surface area contributed by atoms with Crippen molar-refractivity contribution in [1.82, 2.24) is 19.7 Å². The molecule has 3 heterocycles. The summed E-state index contributed by atoms with van der Waals surface area (Å²) in [6.07, 6.45) is 6.54. The Morgan fingerprint density at radius 1 is 1.20 bits per heavy atom. The third kappa shape index (κ3) is 4.08. The van der Waals surface area contributed by atoms with Crippen molar-refractivity contribution in [3.05, 3.63) is 32.6 Å². The molecule has 0 aliphatic heterocycles. The Labute approximate surface area is 185 Å². The van der Waals surface area contributed by atoms with E-state index in [9.17, 15) is 4.79 Å². The molecule has 1 aliphatic rings. The van der Waals surface area contributed by atoms with E-state index in [1.165, 1.54) is 35.0 Å². The summed E-state index contributed by atoms with van der Waals surface area (Å²) in [6.45, 7) is 10.4. The van der Waals surface area contributed by atoms with Crippen LogP contribution in [0.25, 0.3) is 10.2 Å². The van der Waals surface area contributed by atoms with E-state index in [-0.39, 0.29) is 17.0 Å². The van der Waals surface area contributed by atoms with E-state index in [1.54, 1.807) is 11.3 Å². The number of fused-ring (bicyclic) bond motifs is 3. The van der Waals surface area contributed by atoms with Crippen LogP contribution >= 0.6 is 23.1 Å². The monoisotopic (exact) mass is 446 g/mol. The lowest BCUT2D eigenvalue weighted by Gasteiger charge is -2.17. The van der Waals surface area contributed by atoms with Crippen molar-refractivity contribution < 1.29 is 4.42 Å². The molecule has 3 aromatic heterocycles. The molecule has 8 heteroatoms. The smallest absolute Gasteiger partial charge is 0.263 e. The van der Waals surface area contributed by atoms with Crippen molar-refractivity contribution >= 4 is 33.3 Å². The van der Waals surface area contributed by atoms with Gasteiger partial charge in [0, 0.05) is 16.3 Å². The summed E-state index contributed by atoms with van der Waals surface area (Å²) in [7, 11) is 0. The normalized spacial score (nSPS) is 15.9. The van der Waals surface area contributed by atoms with Crippen molar-refractivity contribution in [2.24, 2.45) is 0 Å². The van der Waals surface area contributed by atoms with Crippen LogP contribution in [-0.2, 0) is 24.0 Å². The number of hydrogen-bond donors (Lipinski definition) is 0. The van der Waals surface area contributed by atoms with E-state index in [2.05, 4.69) is 24.0 Å². The van der Waals surface area contributed by atoms with Crippen LogP contribution in [0.1, 0.15) is 88.6 Å². The zero-order valence-electron chi connectivity index (χ0n) is 18.4. The first-order valence-corrected chi connectivity index (χ1v) is 12.6. The second-order valence-electron chi connectivity index (χ2n) is 9.11. The van der Waals surface area contributed by atoms with Gasteiger partial charge in [0.2, 0.25) is 11.8 Å². The SMILES string of the molecule is CC[C@H](C)n1c(SCc2nnc(C(C)(C)C)o2)nc2sc3c(c2c1=O)CCCCC3. The molecule has 30 heavy (non-hydrogen) atoms. The molecule has 0 fully saturated rings. The second kappa shape index (κ2) is 8.46. The number of aryl methyl sites for hydroxylation is 2. The third-order valence-electron chi connectivity index (χ3n) is 5.70. The van der Waals surface area contributed by atoms with Gasteiger partial charge in [-0.3, -0.25) is 9.36 Å². The number of aromatic nitrogens is 4. The first kappa shape index (κ1) is 21.6. The first-order valence-electron chi connectivity index (χ1n) is 10.8. The molecule has 6 nitrogen and oxygen atoms in total. The second-order valence-corrected chi connectivity index (χ2v) is 11.1. The van der Waals surface area contributed by atoms with Crippen LogP contribution in [-0.4, -0.2) is 19.7 Å². The van der Waals surface area contributed by atoms with Gasteiger partial charge in [0.05, 0.1) is 11.1 Å². The highest BCUT2D eigenvalue weighted by atomic mass is 32.2. The zero-order chi connectivity index (χ0) is 21.5. The molecule has 162 valence electrons. The fourth-order valence-corrected chi connectivity index (χ4v) is 6.03. The number of nitrogens with zero attached hydrogens (tertiary/aromatic N) is 4. The maximum atomic E-state index is 13.6. The van der Waals surface area contributed by atoms with Crippen LogP contribution < -0.4 is 5.56 Å². The maximum absolute atomic E-state index is 13.6. The largest absolute Gasteiger partial charge is 0.424 e. The molecule has 0 aromatic carbocycles. The summed E-state index contributed by atoms with van der Waals surface area (Å²) >= 11 is 3.22. The summed E-state index contributed by atoms with van der Waals surface area (Å²) in [5, 5.41) is 9.97. The van der Waals surface area contributed by atoms with Crippen LogP contribution in [0, 0.1) is 0 Å². The molecule has 0 saturated heterocycles. The molecule has 1 aliphatic carbocycles. The average Bonchev–Trinajstić information content (AvgIpc) is 3.24. The molecule has 0 spiro atoms. The third-order valence-corrected chi connectivity index (χ3v) is 7.83. The lowest BCUT2D eigenvalue weighted by Crippen LogP contribution is -2.26. The fraction of sp³-hybridized carbons (Fsp3) is 0.636. The summed E-state index contributed by atoms with van der Waals surface area (Å²) < 4.78 is 7.72. The van der Waals surface area contributed by atoms with Crippen LogP contribution in [0.15, 0.2) is 14.4 Å². The summed E-state index contributed by atoms with van der Waals surface area (Å²) in [4.78, 5) is 20.8. The Bertz CT molecular complexity index is 1110. The van der Waals surface area contributed by atoms with E-state index < -0.39 is 0 Å². The summed E-state index contributed by atoms with van der Waals surface area (Å²) in [5.74, 6) is 1.70. The van der Waals surface area contributed by atoms with Crippen LogP contribution in [0.4, 0.5) is 0 Å². The number of hydrogen-bond acceptors (Lipinski definition) is 7. The number of thiophene rings is 1. The lowest BCUT2D eigenvalue weighted by atomic mass is 9.97. The number of rotatable bonds is 5. The van der Waals surface area contributed by atoms with Crippen molar-refractivity contribution in [3.8, 4) is 0 Å². The Balaban J connectivity index is 1.73. The summed E-state index contributed by atoms with van der Waals surface area (Å²) in [6, 6.07) is 0.0889. The van der Waals surface area contributed by atoms with Crippen molar-refractivity contribution in [2.45, 2.75) is 95.5 Å². The van der Waals surface area contributed by atoms with Crippen LogP contribution in [0.5, 0.6) is 0 Å². The lowest BCUT2D eigenvalue weighted by molar-refractivity contribution is 0.378. The topological polar surface area (TPSA) is 73.8 Å². The van der Waals surface area contributed by atoms with Gasteiger partial charge in [-0.05, 0) is 44.6 Å². The molecule has 4 rings (SSSR count). The standard InChI is InChI=1S/C22H30N4O2S2/c1-6-13(2)26-19(27)17-14-10-8-7-9-11-15(14)30-18(17)23-21(26)29-12-16-24-25-20(28-16)22(3,4)5/h13H,6-12H2,1-5H3/t13-/m0/s1. The molecule has 0 bridgehead atoms. The van der Waals surface area contributed by atoms with Gasteiger partial charge in [-0.25, -0.2) is 4.98 Å². The van der Waals surface area contributed by atoms with Gasteiger partial charge in [0.1, 0.15) is 4.83 Å². The number of thioether (sulfide) groups is 1. The Morgan fingerprint density at radius 3 is 2.67 bits per heavy atom. The predicted octanol–water partition coefficient (Wildman–Crippen LogP) is 5.67. The van der Waals surface area contributed by atoms with Crippen molar-refractivity contribution in [1.29, 1.82) is 0 Å². The van der Waals surface area contributed by atoms with Gasteiger partial charge in [-0.1, -0.05) is 45.9 Å². The Hall–Kier alpha value is -1.67. The minimum Gasteiger partial charge on any atom is -0.424 e. The molecular formula is C22H30N4O2S2. The predicted molar refractivity (Wildman–Crippen MR) is 123 cm³/mol. The van der Waals surface area contributed by atoms with Gasteiger partial charge in [-0.15, -0.1) is 21.5 Å². The highest BCUT2D eigenvalue weighted by Gasteiger charge is 2.24.